The van der Waals surface area contributed by atoms with Gasteiger partial charge in [-0.05, 0) is 20.0 Å². The van der Waals surface area contributed by atoms with Gasteiger partial charge in [0.15, 0.2) is 0 Å². The van der Waals surface area contributed by atoms with Gasteiger partial charge in [-0.1, -0.05) is 13.3 Å². The summed E-state index contributed by atoms with van der Waals surface area (Å²) in [6, 6.07) is 0. The molecule has 0 fully saturated rings. The van der Waals surface area contributed by atoms with Crippen LogP contribution in [0.4, 0.5) is 0 Å². The Bertz CT molecular complexity index is 74.0. The second-order valence-corrected chi connectivity index (χ2v) is 2.89. The molecule has 0 heterocycles. The van der Waals surface area contributed by atoms with Crippen molar-refractivity contribution in [2.75, 3.05) is 39.9 Å². The third-order valence-electron chi connectivity index (χ3n) is 1.52. The molecule has 0 spiro atoms. The molecule has 0 unspecified atom stereocenters. The van der Waals surface area contributed by atoms with Gasteiger partial charge in [0.1, 0.15) is 0 Å². The van der Waals surface area contributed by atoms with E-state index in [2.05, 4.69) is 6.92 Å². The summed E-state index contributed by atoms with van der Waals surface area (Å²) in [5.74, 6) is 0. The van der Waals surface area contributed by atoms with Gasteiger partial charge >= 0.3 is 0 Å². The molecular weight excluding hydrogens is 168 g/mol. The lowest BCUT2D eigenvalue weighted by Gasteiger charge is -2.11. The molecule has 0 aliphatic heterocycles. The number of aliphatic hydroxyl groups excluding tert-OH is 2. The molecule has 0 saturated carbocycles. The lowest BCUT2D eigenvalue weighted by atomic mass is 10.3. The van der Waals surface area contributed by atoms with Crippen molar-refractivity contribution in [3.05, 3.63) is 0 Å². The van der Waals surface area contributed by atoms with Crippen LogP contribution in [0.15, 0.2) is 0 Å². The van der Waals surface area contributed by atoms with Crippen molar-refractivity contribution in [1.29, 1.82) is 0 Å². The van der Waals surface area contributed by atoms with Crippen molar-refractivity contribution in [3.63, 3.8) is 0 Å². The first-order valence-corrected chi connectivity index (χ1v) is 4.83. The Morgan fingerprint density at radius 2 is 1.62 bits per heavy atom. The zero-order valence-corrected chi connectivity index (χ0v) is 8.87. The Labute approximate surface area is 81.4 Å². The minimum atomic E-state index is 0.163. The second-order valence-electron chi connectivity index (χ2n) is 2.89. The number of unbranched alkanes of at least 4 members (excludes halogenated alkanes) is 1. The Kier molecular flexibility index (Phi) is 16.9. The van der Waals surface area contributed by atoms with Crippen molar-refractivity contribution in [2.24, 2.45) is 5.73 Å². The summed E-state index contributed by atoms with van der Waals surface area (Å²) in [4.78, 5) is 1.86. The second kappa shape index (κ2) is 14.4. The highest BCUT2D eigenvalue weighted by Gasteiger charge is 1.91. The predicted octanol–water partition coefficient (Wildman–Crippen LogP) is -0.352. The first kappa shape index (κ1) is 15.3. The molecule has 0 aromatic rings. The molecule has 0 amide bonds. The smallest absolute Gasteiger partial charge is 0.0558 e. The van der Waals surface area contributed by atoms with Crippen LogP contribution in [0.2, 0.25) is 0 Å². The van der Waals surface area contributed by atoms with Gasteiger partial charge in [0.2, 0.25) is 0 Å². The maximum absolute atomic E-state index is 8.34. The van der Waals surface area contributed by atoms with Gasteiger partial charge in [0.25, 0.3) is 0 Å². The fraction of sp³-hybridized carbons (Fsp3) is 1.00. The number of nitrogens with zero attached hydrogens (tertiary/aromatic N) is 1. The average molecular weight is 192 g/mol. The lowest BCUT2D eigenvalue weighted by molar-refractivity contribution is 0.184. The van der Waals surface area contributed by atoms with E-state index < -0.39 is 0 Å². The van der Waals surface area contributed by atoms with Gasteiger partial charge in [0, 0.05) is 13.1 Å². The van der Waals surface area contributed by atoms with Gasteiger partial charge in [0.05, 0.1) is 13.2 Å². The van der Waals surface area contributed by atoms with Crippen molar-refractivity contribution in [2.45, 2.75) is 19.8 Å². The number of nitrogens with two attached hydrogens (primary N) is 1. The number of hydrogen-bond donors (Lipinski definition) is 3. The normalized spacial score (nSPS) is 9.69. The standard InChI is InChI=1S/C5H13NO2.C4H11N/c1-6(2-4-7)3-5-8;1-2-3-4-5/h7-8H,2-5H2,1H3;2-5H2,1H3. The van der Waals surface area contributed by atoms with E-state index in [1.165, 1.54) is 12.8 Å². The van der Waals surface area contributed by atoms with Crippen molar-refractivity contribution in [1.82, 2.24) is 4.90 Å². The molecule has 82 valence electrons. The largest absolute Gasteiger partial charge is 0.395 e. The highest BCUT2D eigenvalue weighted by atomic mass is 16.3. The molecule has 0 aromatic carbocycles. The van der Waals surface area contributed by atoms with Crippen LogP contribution in [0.3, 0.4) is 0 Å². The summed E-state index contributed by atoms with van der Waals surface area (Å²) in [6.07, 6.45) is 2.39. The summed E-state index contributed by atoms with van der Waals surface area (Å²) in [5.41, 5.74) is 5.14. The monoisotopic (exact) mass is 192 g/mol. The fourth-order valence-electron chi connectivity index (χ4n) is 0.657. The van der Waals surface area contributed by atoms with Crippen LogP contribution in [0.5, 0.6) is 0 Å². The first-order valence-electron chi connectivity index (χ1n) is 4.83. The minimum absolute atomic E-state index is 0.163. The summed E-state index contributed by atoms with van der Waals surface area (Å²) < 4.78 is 0. The minimum Gasteiger partial charge on any atom is -0.395 e. The van der Waals surface area contributed by atoms with E-state index in [0.717, 1.165) is 6.54 Å². The van der Waals surface area contributed by atoms with Gasteiger partial charge in [-0.2, -0.15) is 0 Å². The molecule has 0 radical (unpaired) electrons. The highest BCUT2D eigenvalue weighted by Crippen LogP contribution is 1.77. The van der Waals surface area contributed by atoms with Crippen LogP contribution >= 0.6 is 0 Å². The van der Waals surface area contributed by atoms with E-state index in [0.29, 0.717) is 13.1 Å². The van der Waals surface area contributed by atoms with Crippen molar-refractivity contribution < 1.29 is 10.2 Å². The van der Waals surface area contributed by atoms with Crippen LogP contribution < -0.4 is 5.73 Å². The van der Waals surface area contributed by atoms with Crippen LogP contribution in [0, 0.1) is 0 Å². The molecule has 0 atom stereocenters. The molecule has 0 bridgehead atoms. The Morgan fingerprint density at radius 1 is 1.15 bits per heavy atom. The quantitative estimate of drug-likeness (QED) is 0.538. The lowest BCUT2D eigenvalue weighted by Crippen LogP contribution is -2.25. The number of hydrogen-bond acceptors (Lipinski definition) is 4. The maximum atomic E-state index is 8.34. The summed E-state index contributed by atoms with van der Waals surface area (Å²) >= 11 is 0. The first-order chi connectivity index (χ1) is 6.22. The molecule has 4 N–H and O–H groups in total. The topological polar surface area (TPSA) is 69.7 Å². The van der Waals surface area contributed by atoms with E-state index in [1.807, 2.05) is 11.9 Å². The van der Waals surface area contributed by atoms with Gasteiger partial charge < -0.3 is 20.8 Å². The van der Waals surface area contributed by atoms with Crippen LogP contribution in [0.25, 0.3) is 0 Å². The fourth-order valence-corrected chi connectivity index (χ4v) is 0.657. The third-order valence-corrected chi connectivity index (χ3v) is 1.52. The number of rotatable bonds is 6. The molecule has 4 heteroatoms. The van der Waals surface area contributed by atoms with Crippen LogP contribution in [-0.4, -0.2) is 55.0 Å². The van der Waals surface area contributed by atoms with Crippen LogP contribution in [-0.2, 0) is 0 Å². The van der Waals surface area contributed by atoms with Crippen LogP contribution in [0.1, 0.15) is 19.8 Å². The molecule has 0 rings (SSSR count). The summed E-state index contributed by atoms with van der Waals surface area (Å²) in [5, 5.41) is 16.7. The molecule has 0 aliphatic rings. The van der Waals surface area contributed by atoms with E-state index in [9.17, 15) is 0 Å². The van der Waals surface area contributed by atoms with Crippen molar-refractivity contribution >= 4 is 0 Å². The molecule has 0 aliphatic carbocycles. The predicted molar refractivity (Wildman–Crippen MR) is 55.6 cm³/mol. The average Bonchev–Trinajstić information content (AvgIpc) is 2.08. The van der Waals surface area contributed by atoms with E-state index >= 15 is 0 Å². The molecule has 0 aromatic heterocycles. The summed E-state index contributed by atoms with van der Waals surface area (Å²) in [6.45, 7) is 4.58. The van der Waals surface area contributed by atoms with E-state index in [4.69, 9.17) is 15.9 Å². The van der Waals surface area contributed by atoms with E-state index in [1.54, 1.807) is 0 Å². The van der Waals surface area contributed by atoms with Gasteiger partial charge in [-0.25, -0.2) is 0 Å². The number of likely N-dealkylation sites (N-methyl/N-ethyl adjacent to an activating group) is 1. The molecular formula is C9H24N2O2. The SMILES string of the molecule is CCCCN.CN(CCO)CCO. The molecule has 13 heavy (non-hydrogen) atoms. The Morgan fingerprint density at radius 3 is 1.77 bits per heavy atom. The van der Waals surface area contributed by atoms with Crippen molar-refractivity contribution in [3.8, 4) is 0 Å². The Balaban J connectivity index is 0. The highest BCUT2D eigenvalue weighted by molar-refractivity contribution is 4.45. The third kappa shape index (κ3) is 18.7. The maximum Gasteiger partial charge on any atom is 0.0558 e. The van der Waals surface area contributed by atoms with Gasteiger partial charge in [-0.15, -0.1) is 0 Å². The zero-order chi connectivity index (χ0) is 10.5. The zero-order valence-electron chi connectivity index (χ0n) is 8.87. The molecule has 0 saturated heterocycles. The van der Waals surface area contributed by atoms with Gasteiger partial charge in [-0.3, -0.25) is 0 Å². The molecule has 4 nitrogen and oxygen atoms in total. The number of aliphatic hydroxyl groups is 2. The van der Waals surface area contributed by atoms with E-state index in [-0.39, 0.29) is 13.2 Å². The summed E-state index contributed by atoms with van der Waals surface area (Å²) in [7, 11) is 1.85. The Hall–Kier alpha value is -0.160.